The number of amides is 1. The lowest BCUT2D eigenvalue weighted by molar-refractivity contribution is -0.118. The highest BCUT2D eigenvalue weighted by molar-refractivity contribution is 7.81. The van der Waals surface area contributed by atoms with E-state index in [1.807, 2.05) is 6.07 Å². The molecule has 0 aliphatic rings. The highest BCUT2D eigenvalue weighted by Gasteiger charge is 2.04. The van der Waals surface area contributed by atoms with Gasteiger partial charge in [0, 0.05) is 21.0 Å². The van der Waals surface area contributed by atoms with E-state index in [2.05, 4.69) is 13.0 Å². The highest BCUT2D eigenvalue weighted by Crippen LogP contribution is 2.18. The summed E-state index contributed by atoms with van der Waals surface area (Å²) in [6.07, 6.45) is 1.95. The lowest BCUT2D eigenvalue weighted by Gasteiger charge is -1.98. The molecule has 1 aromatic rings. The van der Waals surface area contributed by atoms with Gasteiger partial charge in [0.2, 0.25) is 5.91 Å². The van der Waals surface area contributed by atoms with Gasteiger partial charge >= 0.3 is 0 Å². The van der Waals surface area contributed by atoms with Crippen molar-refractivity contribution in [2.24, 2.45) is 5.73 Å². The predicted molar refractivity (Wildman–Crippen MR) is 63.8 cm³/mol. The Kier molecular flexibility index (Phi) is 4.22. The van der Waals surface area contributed by atoms with Crippen LogP contribution in [-0.4, -0.2) is 10.8 Å². The van der Waals surface area contributed by atoms with Crippen molar-refractivity contribution < 1.29 is 4.79 Å². The molecule has 1 amide bonds. The van der Waals surface area contributed by atoms with Crippen LogP contribution >= 0.6 is 23.6 Å². The van der Waals surface area contributed by atoms with Gasteiger partial charge in [-0.05, 0) is 31.9 Å². The average Bonchev–Trinajstić information content (AvgIpc) is 2.51. The third-order valence-electron chi connectivity index (χ3n) is 1.84. The monoisotopic (exact) mass is 227 g/mol. The maximum Gasteiger partial charge on any atom is 0.217 e. The second-order valence-corrected chi connectivity index (χ2v) is 4.93. The van der Waals surface area contributed by atoms with E-state index in [1.54, 1.807) is 11.3 Å². The molecule has 1 heterocycles. The van der Waals surface area contributed by atoms with Gasteiger partial charge < -0.3 is 5.73 Å². The minimum absolute atomic E-state index is 0.254. The number of carbonyl (C=O) groups excluding carboxylic acids is 1. The van der Waals surface area contributed by atoms with E-state index in [0.29, 0.717) is 6.42 Å². The predicted octanol–water partition coefficient (Wildman–Crippen LogP) is 2.43. The van der Waals surface area contributed by atoms with E-state index in [0.717, 1.165) is 22.6 Å². The number of thiophene rings is 1. The van der Waals surface area contributed by atoms with Crippen molar-refractivity contribution in [2.75, 3.05) is 0 Å². The van der Waals surface area contributed by atoms with Crippen LogP contribution in [0, 0.1) is 6.92 Å². The van der Waals surface area contributed by atoms with Crippen LogP contribution < -0.4 is 5.73 Å². The zero-order chi connectivity index (χ0) is 10.6. The molecule has 2 N–H and O–H groups in total. The van der Waals surface area contributed by atoms with Crippen molar-refractivity contribution in [1.82, 2.24) is 0 Å². The fourth-order valence-corrected chi connectivity index (χ4v) is 2.30. The van der Waals surface area contributed by atoms with Crippen molar-refractivity contribution in [2.45, 2.75) is 26.2 Å². The molecule has 2 nitrogen and oxygen atoms in total. The van der Waals surface area contributed by atoms with Crippen molar-refractivity contribution in [3.05, 3.63) is 21.9 Å². The molecule has 1 rings (SSSR count). The fourth-order valence-electron chi connectivity index (χ4n) is 1.13. The Hall–Kier alpha value is -0.740. The lowest BCUT2D eigenvalue weighted by atomic mass is 10.1. The molecule has 0 aliphatic carbocycles. The van der Waals surface area contributed by atoms with Crippen molar-refractivity contribution in [1.29, 1.82) is 0 Å². The Morgan fingerprint density at radius 1 is 1.50 bits per heavy atom. The van der Waals surface area contributed by atoms with Crippen LogP contribution in [0.3, 0.4) is 0 Å². The molecule has 0 spiro atoms. The quantitative estimate of drug-likeness (QED) is 0.620. The number of rotatable bonds is 5. The Labute approximate surface area is 93.1 Å². The topological polar surface area (TPSA) is 43.1 Å². The van der Waals surface area contributed by atoms with Gasteiger partial charge in [0.15, 0.2) is 0 Å². The molecule has 0 atom stereocenters. The third kappa shape index (κ3) is 3.55. The van der Waals surface area contributed by atoms with Crippen molar-refractivity contribution in [3.63, 3.8) is 0 Å². The highest BCUT2D eigenvalue weighted by atomic mass is 32.1. The molecule has 0 saturated carbocycles. The first-order valence-corrected chi connectivity index (χ1v) is 5.70. The number of nitrogens with two attached hydrogens (primary N) is 1. The molecule has 0 radical (unpaired) electrons. The van der Waals surface area contributed by atoms with Crippen LogP contribution in [0.5, 0.6) is 0 Å². The van der Waals surface area contributed by atoms with Gasteiger partial charge in [-0.1, -0.05) is 12.2 Å². The van der Waals surface area contributed by atoms with Gasteiger partial charge in [0.05, 0.1) is 0 Å². The SMILES string of the molecule is Cc1ccc(C(=S)CCCC(N)=O)s1. The van der Waals surface area contributed by atoms with E-state index >= 15 is 0 Å². The van der Waals surface area contributed by atoms with E-state index in [4.69, 9.17) is 18.0 Å². The van der Waals surface area contributed by atoms with Crippen molar-refractivity contribution in [3.8, 4) is 0 Å². The molecule has 0 bridgehead atoms. The summed E-state index contributed by atoms with van der Waals surface area (Å²) in [4.78, 5) is 13.8. The first-order chi connectivity index (χ1) is 6.59. The van der Waals surface area contributed by atoms with Gasteiger partial charge in [0.1, 0.15) is 0 Å². The van der Waals surface area contributed by atoms with Gasteiger partial charge in [-0.25, -0.2) is 0 Å². The summed E-state index contributed by atoms with van der Waals surface area (Å²) in [7, 11) is 0. The Morgan fingerprint density at radius 2 is 2.21 bits per heavy atom. The van der Waals surface area contributed by atoms with E-state index in [1.165, 1.54) is 4.88 Å². The summed E-state index contributed by atoms with van der Waals surface area (Å²) in [5, 5.41) is 0. The van der Waals surface area contributed by atoms with Crippen LogP contribution in [0.1, 0.15) is 29.0 Å². The minimum Gasteiger partial charge on any atom is -0.370 e. The van der Waals surface area contributed by atoms with Gasteiger partial charge in [0.25, 0.3) is 0 Å². The lowest BCUT2D eigenvalue weighted by Crippen LogP contribution is -2.10. The second kappa shape index (κ2) is 5.22. The summed E-state index contributed by atoms with van der Waals surface area (Å²) < 4.78 is 0. The first-order valence-electron chi connectivity index (χ1n) is 4.47. The van der Waals surface area contributed by atoms with E-state index in [-0.39, 0.29) is 5.91 Å². The maximum atomic E-state index is 10.5. The molecule has 0 unspecified atom stereocenters. The summed E-state index contributed by atoms with van der Waals surface area (Å²) in [6, 6.07) is 4.09. The summed E-state index contributed by atoms with van der Waals surface area (Å²) in [6.45, 7) is 2.06. The molecule has 0 saturated heterocycles. The second-order valence-electron chi connectivity index (χ2n) is 3.15. The average molecular weight is 227 g/mol. The molecule has 1 aromatic heterocycles. The van der Waals surface area contributed by atoms with Crippen LogP contribution in [-0.2, 0) is 4.79 Å². The van der Waals surface area contributed by atoms with E-state index in [9.17, 15) is 4.79 Å². The van der Waals surface area contributed by atoms with Gasteiger partial charge in [-0.2, -0.15) is 0 Å². The Balaban J connectivity index is 2.39. The first kappa shape index (κ1) is 11.3. The smallest absolute Gasteiger partial charge is 0.217 e. The zero-order valence-electron chi connectivity index (χ0n) is 8.08. The minimum atomic E-state index is -0.254. The number of aryl methyl sites for hydroxylation is 1. The van der Waals surface area contributed by atoms with Gasteiger partial charge in [-0.3, -0.25) is 4.79 Å². The molecule has 0 aliphatic heterocycles. The van der Waals surface area contributed by atoms with Gasteiger partial charge in [-0.15, -0.1) is 11.3 Å². The largest absolute Gasteiger partial charge is 0.370 e. The molecular weight excluding hydrogens is 214 g/mol. The number of hydrogen-bond acceptors (Lipinski definition) is 3. The molecule has 14 heavy (non-hydrogen) atoms. The van der Waals surface area contributed by atoms with E-state index < -0.39 is 0 Å². The van der Waals surface area contributed by atoms with Crippen LogP contribution in [0.25, 0.3) is 0 Å². The Bertz CT molecular complexity index is 344. The van der Waals surface area contributed by atoms with Crippen LogP contribution in [0.15, 0.2) is 12.1 Å². The number of hydrogen-bond donors (Lipinski definition) is 1. The molecular formula is C10H13NOS2. The fraction of sp³-hybridized carbons (Fsp3) is 0.400. The number of primary amides is 1. The number of carbonyl (C=O) groups is 1. The van der Waals surface area contributed by atoms with Crippen LogP contribution in [0.2, 0.25) is 0 Å². The number of thiocarbonyl (C=S) groups is 1. The zero-order valence-corrected chi connectivity index (χ0v) is 9.71. The Morgan fingerprint density at radius 3 is 2.71 bits per heavy atom. The summed E-state index contributed by atoms with van der Waals surface area (Å²) in [5.41, 5.74) is 5.04. The molecule has 76 valence electrons. The summed E-state index contributed by atoms with van der Waals surface area (Å²) in [5.74, 6) is -0.254. The van der Waals surface area contributed by atoms with Crippen LogP contribution in [0.4, 0.5) is 0 Å². The standard InChI is InChI=1S/C10H13NOS2/c1-7-5-6-9(14-7)8(13)3-2-4-10(11)12/h5-6H,2-4H2,1H3,(H2,11,12). The van der Waals surface area contributed by atoms with Crippen molar-refractivity contribution >= 4 is 34.3 Å². The molecule has 0 fully saturated rings. The molecule has 0 aromatic carbocycles. The normalized spacial score (nSPS) is 10.1. The molecule has 4 heteroatoms. The maximum absolute atomic E-state index is 10.5. The third-order valence-corrected chi connectivity index (χ3v) is 3.46. The summed E-state index contributed by atoms with van der Waals surface area (Å²) >= 11 is 6.94.